The molecule has 5 heteroatoms. The van der Waals surface area contributed by atoms with Gasteiger partial charge in [-0.25, -0.2) is 0 Å². The molecule has 1 aromatic carbocycles. The van der Waals surface area contributed by atoms with Crippen LogP contribution in [0.5, 0.6) is 5.75 Å². The number of ether oxygens (including phenoxy) is 2. The van der Waals surface area contributed by atoms with Crippen LogP contribution in [0.4, 0.5) is 0 Å². The number of hydrogen-bond donors (Lipinski definition) is 2. The van der Waals surface area contributed by atoms with Gasteiger partial charge in [-0.05, 0) is 37.0 Å². The van der Waals surface area contributed by atoms with E-state index in [4.69, 9.17) is 9.47 Å². The van der Waals surface area contributed by atoms with Gasteiger partial charge in [0.25, 0.3) is 0 Å². The van der Waals surface area contributed by atoms with E-state index in [-0.39, 0.29) is 0 Å². The van der Waals surface area contributed by atoms with Crippen molar-refractivity contribution in [2.45, 2.75) is 33.7 Å². The van der Waals surface area contributed by atoms with Crippen molar-refractivity contribution in [1.82, 2.24) is 10.6 Å². The first-order chi connectivity index (χ1) is 11.2. The van der Waals surface area contributed by atoms with E-state index in [1.165, 1.54) is 5.56 Å². The van der Waals surface area contributed by atoms with Gasteiger partial charge in [-0.3, -0.25) is 4.99 Å². The molecule has 2 N–H and O–H groups in total. The van der Waals surface area contributed by atoms with E-state index in [1.54, 1.807) is 7.05 Å². The normalized spacial score (nSPS) is 11.6. The van der Waals surface area contributed by atoms with Gasteiger partial charge in [0.05, 0.1) is 6.61 Å². The van der Waals surface area contributed by atoms with Crippen LogP contribution in [-0.2, 0) is 11.3 Å². The van der Waals surface area contributed by atoms with Crippen LogP contribution in [0.25, 0.3) is 0 Å². The summed E-state index contributed by atoms with van der Waals surface area (Å²) >= 11 is 0. The fourth-order valence-electron chi connectivity index (χ4n) is 1.90. The average molecular weight is 321 g/mol. The van der Waals surface area contributed by atoms with Crippen LogP contribution in [-0.4, -0.2) is 39.4 Å². The largest absolute Gasteiger partial charge is 0.493 e. The van der Waals surface area contributed by atoms with Crippen molar-refractivity contribution in [3.05, 3.63) is 29.8 Å². The number of rotatable bonds is 10. The maximum atomic E-state index is 5.69. The van der Waals surface area contributed by atoms with Crippen molar-refractivity contribution in [1.29, 1.82) is 0 Å². The zero-order valence-electron chi connectivity index (χ0n) is 14.9. The van der Waals surface area contributed by atoms with E-state index in [0.717, 1.165) is 51.0 Å². The second-order valence-electron chi connectivity index (χ2n) is 5.75. The smallest absolute Gasteiger partial charge is 0.191 e. The Morgan fingerprint density at radius 3 is 2.52 bits per heavy atom. The van der Waals surface area contributed by atoms with Crippen LogP contribution >= 0.6 is 0 Å². The molecule has 0 amide bonds. The van der Waals surface area contributed by atoms with Gasteiger partial charge < -0.3 is 20.1 Å². The first-order valence-corrected chi connectivity index (χ1v) is 8.39. The molecule has 0 fully saturated rings. The highest BCUT2D eigenvalue weighted by molar-refractivity contribution is 5.79. The van der Waals surface area contributed by atoms with E-state index in [1.807, 2.05) is 19.1 Å². The highest BCUT2D eigenvalue weighted by Crippen LogP contribution is 2.13. The maximum absolute atomic E-state index is 5.69. The van der Waals surface area contributed by atoms with Gasteiger partial charge in [0, 0.05) is 33.4 Å². The Morgan fingerprint density at radius 2 is 1.91 bits per heavy atom. The van der Waals surface area contributed by atoms with Crippen molar-refractivity contribution in [2.24, 2.45) is 10.9 Å². The lowest BCUT2D eigenvalue weighted by Crippen LogP contribution is -2.37. The molecule has 0 aliphatic carbocycles. The molecule has 0 saturated carbocycles. The Balaban J connectivity index is 2.29. The van der Waals surface area contributed by atoms with Gasteiger partial charge >= 0.3 is 0 Å². The molecule has 0 atom stereocenters. The van der Waals surface area contributed by atoms with Gasteiger partial charge in [-0.2, -0.15) is 0 Å². The number of guanidine groups is 1. The summed E-state index contributed by atoms with van der Waals surface area (Å²) in [6, 6.07) is 8.17. The van der Waals surface area contributed by atoms with E-state index in [0.29, 0.717) is 5.92 Å². The number of nitrogens with zero attached hydrogens (tertiary/aromatic N) is 1. The summed E-state index contributed by atoms with van der Waals surface area (Å²) in [5.74, 6) is 2.26. The molecule has 23 heavy (non-hydrogen) atoms. The molecule has 0 spiro atoms. The van der Waals surface area contributed by atoms with Crippen LogP contribution in [0.1, 0.15) is 32.8 Å². The molecule has 0 aliphatic heterocycles. The van der Waals surface area contributed by atoms with Crippen molar-refractivity contribution < 1.29 is 9.47 Å². The quantitative estimate of drug-likeness (QED) is 0.395. The summed E-state index contributed by atoms with van der Waals surface area (Å²) in [6.07, 6.45) is 0.969. The van der Waals surface area contributed by atoms with Crippen molar-refractivity contribution in [3.8, 4) is 5.75 Å². The zero-order valence-corrected chi connectivity index (χ0v) is 14.9. The topological polar surface area (TPSA) is 54.9 Å². The van der Waals surface area contributed by atoms with E-state index < -0.39 is 0 Å². The second-order valence-corrected chi connectivity index (χ2v) is 5.75. The Bertz CT molecular complexity index is 444. The summed E-state index contributed by atoms with van der Waals surface area (Å²) in [7, 11) is 1.78. The minimum atomic E-state index is 0.536. The zero-order chi connectivity index (χ0) is 16.9. The summed E-state index contributed by atoms with van der Waals surface area (Å²) in [5.41, 5.74) is 1.19. The van der Waals surface area contributed by atoms with Crippen LogP contribution < -0.4 is 15.4 Å². The van der Waals surface area contributed by atoms with Crippen molar-refractivity contribution in [2.75, 3.05) is 33.4 Å². The van der Waals surface area contributed by atoms with Gasteiger partial charge in [0.15, 0.2) is 5.96 Å². The number of benzene rings is 1. The molecule has 1 aromatic rings. The van der Waals surface area contributed by atoms with Crippen molar-refractivity contribution in [3.63, 3.8) is 0 Å². The molecule has 130 valence electrons. The lowest BCUT2D eigenvalue weighted by Gasteiger charge is -2.13. The molecule has 0 aromatic heterocycles. The number of nitrogens with one attached hydrogen (secondary N) is 2. The lowest BCUT2D eigenvalue weighted by atomic mass is 10.2. The first-order valence-electron chi connectivity index (χ1n) is 8.39. The van der Waals surface area contributed by atoms with Gasteiger partial charge in [0.2, 0.25) is 0 Å². The predicted octanol–water partition coefficient (Wildman–Crippen LogP) is 2.81. The Hall–Kier alpha value is -1.75. The Kier molecular flexibility index (Phi) is 9.87. The minimum absolute atomic E-state index is 0.536. The summed E-state index contributed by atoms with van der Waals surface area (Å²) in [4.78, 5) is 4.22. The van der Waals surface area contributed by atoms with Crippen molar-refractivity contribution >= 4 is 5.96 Å². The molecule has 0 saturated heterocycles. The van der Waals surface area contributed by atoms with Gasteiger partial charge in [0.1, 0.15) is 5.75 Å². The highest BCUT2D eigenvalue weighted by Gasteiger charge is 2.00. The standard InChI is InChI=1S/C18H31N3O2/c1-5-22-12-6-11-20-18(19-4)21-13-16-7-9-17(10-8-16)23-14-15(2)3/h7-10,15H,5-6,11-14H2,1-4H3,(H2,19,20,21). The van der Waals surface area contributed by atoms with Gasteiger partial charge in [-0.15, -0.1) is 0 Å². The van der Waals surface area contributed by atoms with E-state index in [9.17, 15) is 0 Å². The van der Waals surface area contributed by atoms with Crippen LogP contribution in [0.2, 0.25) is 0 Å². The molecule has 1 rings (SSSR count). The average Bonchev–Trinajstić information content (AvgIpc) is 2.56. The first kappa shape index (κ1) is 19.3. The highest BCUT2D eigenvalue weighted by atomic mass is 16.5. The molecule has 0 bridgehead atoms. The minimum Gasteiger partial charge on any atom is -0.493 e. The maximum Gasteiger partial charge on any atom is 0.191 e. The molecule has 5 nitrogen and oxygen atoms in total. The molecule has 0 radical (unpaired) electrons. The monoisotopic (exact) mass is 321 g/mol. The molecule has 0 heterocycles. The van der Waals surface area contributed by atoms with Crippen LogP contribution in [0, 0.1) is 5.92 Å². The fourth-order valence-corrected chi connectivity index (χ4v) is 1.90. The lowest BCUT2D eigenvalue weighted by molar-refractivity contribution is 0.145. The van der Waals surface area contributed by atoms with Gasteiger partial charge in [-0.1, -0.05) is 26.0 Å². The Morgan fingerprint density at radius 1 is 1.17 bits per heavy atom. The third-order valence-corrected chi connectivity index (χ3v) is 3.15. The third-order valence-electron chi connectivity index (χ3n) is 3.15. The van der Waals surface area contributed by atoms with E-state index >= 15 is 0 Å². The summed E-state index contributed by atoms with van der Waals surface area (Å²) in [5, 5.41) is 6.58. The molecular formula is C18H31N3O2. The number of aliphatic imine (C=N–C) groups is 1. The third kappa shape index (κ3) is 9.08. The summed E-state index contributed by atoms with van der Waals surface area (Å²) in [6.45, 7) is 10.2. The molecule has 0 aliphatic rings. The Labute approximate surface area is 140 Å². The SMILES string of the molecule is CCOCCCNC(=NC)NCc1ccc(OCC(C)C)cc1. The van der Waals surface area contributed by atoms with Crippen LogP contribution in [0.15, 0.2) is 29.3 Å². The number of hydrogen-bond acceptors (Lipinski definition) is 3. The fraction of sp³-hybridized carbons (Fsp3) is 0.611. The predicted molar refractivity (Wildman–Crippen MR) is 96.1 cm³/mol. The second kappa shape index (κ2) is 11.8. The molecule has 0 unspecified atom stereocenters. The van der Waals surface area contributed by atoms with E-state index in [2.05, 4.69) is 41.6 Å². The summed E-state index contributed by atoms with van der Waals surface area (Å²) < 4.78 is 11.0. The van der Waals surface area contributed by atoms with Crippen LogP contribution in [0.3, 0.4) is 0 Å². The molecular weight excluding hydrogens is 290 g/mol.